The Hall–Kier alpha value is -2.41. The molecule has 1 saturated heterocycles. The molecular weight excluding hydrogens is 320 g/mol. The number of hydrogen-bond donors (Lipinski definition) is 3. The zero-order chi connectivity index (χ0) is 18.4. The van der Waals surface area contributed by atoms with Crippen molar-refractivity contribution >= 4 is 23.4 Å². The molecule has 1 atom stereocenters. The molecule has 136 valence electrons. The molecule has 0 aromatic heterocycles. The van der Waals surface area contributed by atoms with Crippen molar-refractivity contribution in [3.8, 4) is 0 Å². The van der Waals surface area contributed by atoms with E-state index in [1.54, 1.807) is 12.1 Å². The van der Waals surface area contributed by atoms with Gasteiger partial charge in [-0.15, -0.1) is 0 Å². The van der Waals surface area contributed by atoms with Crippen LogP contribution in [0.1, 0.15) is 32.3 Å². The Morgan fingerprint density at radius 2 is 1.92 bits per heavy atom. The average Bonchev–Trinajstić information content (AvgIpc) is 2.98. The van der Waals surface area contributed by atoms with Crippen LogP contribution in [0.25, 0.3) is 0 Å². The Labute approximate surface area is 147 Å². The van der Waals surface area contributed by atoms with E-state index in [0.29, 0.717) is 18.7 Å². The standard InChI is InChI=1S/C18H26N4O3/c1-12(2)17(19)18(25)20-10-15(23)21-14-7-5-13(6-8-14)11-22-9-3-4-16(22)24/h5-8,12,17H,3-4,9-11,19H2,1-2H3,(H,20,25)(H,21,23)/t17-/m0/s1. The quantitative estimate of drug-likeness (QED) is 0.680. The molecule has 7 heteroatoms. The minimum Gasteiger partial charge on any atom is -0.346 e. The van der Waals surface area contributed by atoms with Crippen molar-refractivity contribution in [2.75, 3.05) is 18.4 Å². The van der Waals surface area contributed by atoms with E-state index in [-0.39, 0.29) is 30.2 Å². The third-order valence-electron chi connectivity index (χ3n) is 4.23. The number of likely N-dealkylation sites (tertiary alicyclic amines) is 1. The van der Waals surface area contributed by atoms with E-state index < -0.39 is 6.04 Å². The molecule has 0 bridgehead atoms. The third-order valence-corrected chi connectivity index (χ3v) is 4.23. The van der Waals surface area contributed by atoms with E-state index in [1.165, 1.54) is 0 Å². The molecule has 0 aliphatic carbocycles. The van der Waals surface area contributed by atoms with E-state index >= 15 is 0 Å². The van der Waals surface area contributed by atoms with Crippen LogP contribution in [0, 0.1) is 5.92 Å². The number of hydrogen-bond acceptors (Lipinski definition) is 4. The number of carbonyl (C=O) groups is 3. The average molecular weight is 346 g/mol. The Bertz CT molecular complexity index is 628. The first-order valence-corrected chi connectivity index (χ1v) is 8.56. The molecule has 0 spiro atoms. The van der Waals surface area contributed by atoms with Gasteiger partial charge >= 0.3 is 0 Å². The fourth-order valence-electron chi connectivity index (χ4n) is 2.58. The van der Waals surface area contributed by atoms with Crippen molar-refractivity contribution in [2.24, 2.45) is 11.7 Å². The number of rotatable bonds is 7. The minimum atomic E-state index is -0.625. The summed E-state index contributed by atoms with van der Waals surface area (Å²) < 4.78 is 0. The van der Waals surface area contributed by atoms with Crippen molar-refractivity contribution < 1.29 is 14.4 Å². The fraction of sp³-hybridized carbons (Fsp3) is 0.500. The maximum atomic E-state index is 11.9. The van der Waals surface area contributed by atoms with Gasteiger partial charge in [0.15, 0.2) is 0 Å². The fourth-order valence-corrected chi connectivity index (χ4v) is 2.58. The first kappa shape index (κ1) is 18.9. The summed E-state index contributed by atoms with van der Waals surface area (Å²) in [5.41, 5.74) is 7.38. The summed E-state index contributed by atoms with van der Waals surface area (Å²) in [6, 6.07) is 6.72. The van der Waals surface area contributed by atoms with Gasteiger partial charge in [-0.2, -0.15) is 0 Å². The Morgan fingerprint density at radius 1 is 1.24 bits per heavy atom. The van der Waals surface area contributed by atoms with Crippen molar-refractivity contribution in [3.63, 3.8) is 0 Å². The maximum Gasteiger partial charge on any atom is 0.243 e. The second kappa shape index (κ2) is 8.62. The van der Waals surface area contributed by atoms with Gasteiger partial charge in [-0.25, -0.2) is 0 Å². The number of carbonyl (C=O) groups excluding carboxylic acids is 3. The molecule has 1 aliphatic rings. The number of amides is 3. The highest BCUT2D eigenvalue weighted by molar-refractivity contribution is 5.95. The highest BCUT2D eigenvalue weighted by Gasteiger charge is 2.20. The normalized spacial score (nSPS) is 15.4. The third kappa shape index (κ3) is 5.56. The van der Waals surface area contributed by atoms with E-state index in [1.807, 2.05) is 30.9 Å². The first-order valence-electron chi connectivity index (χ1n) is 8.56. The van der Waals surface area contributed by atoms with Crippen LogP contribution in [-0.2, 0) is 20.9 Å². The molecule has 2 rings (SSSR count). The summed E-state index contributed by atoms with van der Waals surface area (Å²) in [7, 11) is 0. The lowest BCUT2D eigenvalue weighted by Gasteiger charge is -2.16. The summed E-state index contributed by atoms with van der Waals surface area (Å²) in [5, 5.41) is 5.25. The van der Waals surface area contributed by atoms with Crippen LogP contribution in [-0.4, -0.2) is 41.8 Å². The summed E-state index contributed by atoms with van der Waals surface area (Å²) in [6.07, 6.45) is 1.54. The van der Waals surface area contributed by atoms with Gasteiger partial charge in [-0.3, -0.25) is 14.4 Å². The molecule has 0 unspecified atom stereocenters. The van der Waals surface area contributed by atoms with Crippen LogP contribution >= 0.6 is 0 Å². The van der Waals surface area contributed by atoms with E-state index in [0.717, 1.165) is 18.5 Å². The zero-order valence-electron chi connectivity index (χ0n) is 14.7. The molecule has 1 aromatic carbocycles. The van der Waals surface area contributed by atoms with Crippen LogP contribution in [0.5, 0.6) is 0 Å². The van der Waals surface area contributed by atoms with E-state index in [4.69, 9.17) is 5.73 Å². The van der Waals surface area contributed by atoms with Gasteiger partial charge in [0.2, 0.25) is 17.7 Å². The minimum absolute atomic E-state index is 0.0121. The smallest absolute Gasteiger partial charge is 0.243 e. The number of nitrogens with zero attached hydrogens (tertiary/aromatic N) is 1. The van der Waals surface area contributed by atoms with E-state index in [2.05, 4.69) is 10.6 Å². The van der Waals surface area contributed by atoms with Crippen LogP contribution in [0.3, 0.4) is 0 Å². The predicted octanol–water partition coefficient (Wildman–Crippen LogP) is 0.847. The summed E-state index contributed by atoms with van der Waals surface area (Å²) in [6.45, 7) is 4.97. The Morgan fingerprint density at radius 3 is 2.48 bits per heavy atom. The second-order valence-corrected chi connectivity index (χ2v) is 6.65. The number of nitrogens with one attached hydrogen (secondary N) is 2. The van der Waals surface area contributed by atoms with Crippen LogP contribution in [0.15, 0.2) is 24.3 Å². The lowest BCUT2D eigenvalue weighted by Crippen LogP contribution is -2.46. The van der Waals surface area contributed by atoms with Crippen molar-refractivity contribution in [1.82, 2.24) is 10.2 Å². The number of benzene rings is 1. The van der Waals surface area contributed by atoms with Gasteiger partial charge in [0.25, 0.3) is 0 Å². The second-order valence-electron chi connectivity index (χ2n) is 6.65. The Kier molecular flexibility index (Phi) is 6.52. The van der Waals surface area contributed by atoms with Gasteiger partial charge in [-0.05, 0) is 30.0 Å². The van der Waals surface area contributed by atoms with Gasteiger partial charge in [-0.1, -0.05) is 26.0 Å². The molecule has 25 heavy (non-hydrogen) atoms. The van der Waals surface area contributed by atoms with Crippen molar-refractivity contribution in [2.45, 2.75) is 39.3 Å². The Balaban J connectivity index is 1.79. The molecule has 1 heterocycles. The van der Waals surface area contributed by atoms with Gasteiger partial charge < -0.3 is 21.3 Å². The summed E-state index contributed by atoms with van der Waals surface area (Å²) in [5.74, 6) is -0.451. The largest absolute Gasteiger partial charge is 0.346 e. The summed E-state index contributed by atoms with van der Waals surface area (Å²) >= 11 is 0. The molecule has 0 saturated carbocycles. The maximum absolute atomic E-state index is 11.9. The molecular formula is C18H26N4O3. The van der Waals surface area contributed by atoms with Crippen molar-refractivity contribution in [1.29, 1.82) is 0 Å². The molecule has 0 radical (unpaired) electrons. The molecule has 1 aliphatic heterocycles. The zero-order valence-corrected chi connectivity index (χ0v) is 14.7. The molecule has 7 nitrogen and oxygen atoms in total. The lowest BCUT2D eigenvalue weighted by molar-refractivity contribution is -0.128. The van der Waals surface area contributed by atoms with Crippen LogP contribution in [0.4, 0.5) is 5.69 Å². The molecule has 1 fully saturated rings. The predicted molar refractivity (Wildman–Crippen MR) is 95.5 cm³/mol. The monoisotopic (exact) mass is 346 g/mol. The van der Waals surface area contributed by atoms with Gasteiger partial charge in [0, 0.05) is 25.2 Å². The summed E-state index contributed by atoms with van der Waals surface area (Å²) in [4.78, 5) is 37.1. The molecule has 1 aromatic rings. The van der Waals surface area contributed by atoms with Crippen molar-refractivity contribution in [3.05, 3.63) is 29.8 Å². The molecule has 4 N–H and O–H groups in total. The van der Waals surface area contributed by atoms with Gasteiger partial charge in [0.1, 0.15) is 0 Å². The lowest BCUT2D eigenvalue weighted by atomic mass is 10.1. The topological polar surface area (TPSA) is 105 Å². The number of nitrogens with two attached hydrogens (primary N) is 1. The van der Waals surface area contributed by atoms with Crippen LogP contribution < -0.4 is 16.4 Å². The van der Waals surface area contributed by atoms with E-state index in [9.17, 15) is 14.4 Å². The highest BCUT2D eigenvalue weighted by atomic mass is 16.2. The van der Waals surface area contributed by atoms with Crippen LogP contribution in [0.2, 0.25) is 0 Å². The number of anilines is 1. The SMILES string of the molecule is CC(C)[C@H](N)C(=O)NCC(=O)Nc1ccc(CN2CCCC2=O)cc1. The first-order chi connectivity index (χ1) is 11.9. The molecule has 3 amide bonds. The van der Waals surface area contributed by atoms with Gasteiger partial charge in [0.05, 0.1) is 12.6 Å². The highest BCUT2D eigenvalue weighted by Crippen LogP contribution is 2.16.